The molecule has 2 heterocycles. The van der Waals surface area contributed by atoms with Crippen LogP contribution in [0.4, 0.5) is 11.5 Å². The second-order valence-corrected chi connectivity index (χ2v) is 9.57. The third-order valence-electron chi connectivity index (χ3n) is 6.51. The summed E-state index contributed by atoms with van der Waals surface area (Å²) in [6, 6.07) is 19.8. The van der Waals surface area contributed by atoms with Gasteiger partial charge in [-0.3, -0.25) is 4.79 Å². The predicted molar refractivity (Wildman–Crippen MR) is 146 cm³/mol. The molecule has 0 radical (unpaired) electrons. The third-order valence-corrected chi connectivity index (χ3v) is 6.76. The number of aryl methyl sites for hydroxylation is 2. The van der Waals surface area contributed by atoms with Crippen LogP contribution in [-0.2, 0) is 4.79 Å². The Morgan fingerprint density at radius 3 is 2.51 bits per heavy atom. The van der Waals surface area contributed by atoms with Crippen LogP contribution >= 0.6 is 11.6 Å². The number of hydrogen-bond acceptors (Lipinski definition) is 5. The van der Waals surface area contributed by atoms with Crippen molar-refractivity contribution in [2.24, 2.45) is 0 Å². The minimum absolute atomic E-state index is 0.0182. The van der Waals surface area contributed by atoms with E-state index in [1.165, 1.54) is 7.11 Å². The average molecular weight is 515 g/mol. The van der Waals surface area contributed by atoms with Crippen molar-refractivity contribution in [3.05, 3.63) is 99.7 Å². The van der Waals surface area contributed by atoms with Gasteiger partial charge in [0.15, 0.2) is 11.5 Å². The number of aromatic hydroxyl groups is 1. The second-order valence-electron chi connectivity index (χ2n) is 9.14. The fraction of sp³-hybridized carbons (Fsp3) is 0.172. The fourth-order valence-electron chi connectivity index (χ4n) is 4.64. The number of methoxy groups -OCH3 is 1. The van der Waals surface area contributed by atoms with Crippen LogP contribution in [0.15, 0.2) is 78.0 Å². The smallest absolute Gasteiger partial charge is 0.255 e. The van der Waals surface area contributed by atoms with Crippen LogP contribution in [0.5, 0.6) is 11.5 Å². The van der Waals surface area contributed by atoms with Crippen LogP contribution in [0.3, 0.4) is 0 Å². The van der Waals surface area contributed by atoms with Crippen molar-refractivity contribution in [1.82, 2.24) is 9.78 Å². The van der Waals surface area contributed by atoms with Crippen molar-refractivity contribution < 1.29 is 14.6 Å². The number of rotatable bonds is 5. The number of phenolic OH excluding ortho intramolecular Hbond substituents is 1. The van der Waals surface area contributed by atoms with E-state index in [-0.39, 0.29) is 11.7 Å². The van der Waals surface area contributed by atoms with Crippen LogP contribution in [0, 0.1) is 13.8 Å². The van der Waals surface area contributed by atoms with Gasteiger partial charge in [0.05, 0.1) is 18.4 Å². The van der Waals surface area contributed by atoms with Gasteiger partial charge >= 0.3 is 0 Å². The lowest BCUT2D eigenvalue weighted by Gasteiger charge is -2.30. The lowest BCUT2D eigenvalue weighted by atomic mass is 9.94. The van der Waals surface area contributed by atoms with Gasteiger partial charge in [0.25, 0.3) is 5.91 Å². The summed E-state index contributed by atoms with van der Waals surface area (Å²) in [5.41, 5.74) is 6.42. The minimum Gasteiger partial charge on any atom is -0.504 e. The quantitative estimate of drug-likeness (QED) is 0.284. The SMILES string of the molecule is COc1cc([C@H]2C(C(=O)Nc3ccc(C)cc3C)=C(C)Nc3cc(-c4ccc(Cl)cc4)nn32)ccc1O. The second kappa shape index (κ2) is 9.67. The number of aromatic nitrogens is 2. The van der Waals surface area contributed by atoms with Crippen molar-refractivity contribution in [1.29, 1.82) is 0 Å². The molecule has 5 rings (SSSR count). The number of hydrogen-bond donors (Lipinski definition) is 3. The Labute approximate surface area is 220 Å². The number of phenols is 1. The molecule has 1 aromatic heterocycles. The van der Waals surface area contributed by atoms with Gasteiger partial charge in [0.2, 0.25) is 0 Å². The summed E-state index contributed by atoms with van der Waals surface area (Å²) in [5, 5.41) is 22.2. The summed E-state index contributed by atoms with van der Waals surface area (Å²) in [6.45, 7) is 5.86. The molecule has 1 aliphatic rings. The van der Waals surface area contributed by atoms with Gasteiger partial charge in [0, 0.05) is 28.0 Å². The van der Waals surface area contributed by atoms with Crippen LogP contribution in [0.2, 0.25) is 5.02 Å². The first kappa shape index (κ1) is 24.5. The first-order valence-corrected chi connectivity index (χ1v) is 12.2. The number of benzene rings is 3. The highest BCUT2D eigenvalue weighted by Gasteiger charge is 2.34. The van der Waals surface area contributed by atoms with Crippen molar-refractivity contribution in [2.45, 2.75) is 26.8 Å². The van der Waals surface area contributed by atoms with Crippen molar-refractivity contribution in [2.75, 3.05) is 17.7 Å². The molecule has 0 fully saturated rings. The molecule has 8 heteroatoms. The van der Waals surface area contributed by atoms with E-state index in [0.29, 0.717) is 22.0 Å². The zero-order valence-electron chi connectivity index (χ0n) is 21.0. The number of halogens is 1. The number of nitrogens with one attached hydrogen (secondary N) is 2. The number of fused-ring (bicyclic) bond motifs is 1. The molecule has 0 bridgehead atoms. The summed E-state index contributed by atoms with van der Waals surface area (Å²) in [6.07, 6.45) is 0. The maximum atomic E-state index is 13.8. The number of carbonyl (C=O) groups excluding carboxylic acids is 1. The molecule has 188 valence electrons. The van der Waals surface area contributed by atoms with E-state index in [9.17, 15) is 9.90 Å². The molecule has 3 N–H and O–H groups in total. The number of amides is 1. The van der Waals surface area contributed by atoms with Gasteiger partial charge in [-0.25, -0.2) is 4.68 Å². The molecule has 7 nitrogen and oxygen atoms in total. The minimum atomic E-state index is -0.572. The third kappa shape index (κ3) is 4.66. The lowest BCUT2D eigenvalue weighted by Crippen LogP contribution is -2.31. The summed E-state index contributed by atoms with van der Waals surface area (Å²) >= 11 is 6.08. The molecule has 4 aromatic rings. The van der Waals surface area contributed by atoms with E-state index in [0.717, 1.165) is 39.5 Å². The normalized spacial score (nSPS) is 14.7. The van der Waals surface area contributed by atoms with Gasteiger partial charge in [0.1, 0.15) is 11.9 Å². The van der Waals surface area contributed by atoms with Crippen molar-refractivity contribution in [3.63, 3.8) is 0 Å². The Hall–Kier alpha value is -4.23. The van der Waals surface area contributed by atoms with E-state index in [2.05, 4.69) is 10.6 Å². The highest BCUT2D eigenvalue weighted by Crippen LogP contribution is 2.40. The Balaban J connectivity index is 1.62. The molecular weight excluding hydrogens is 488 g/mol. The Morgan fingerprint density at radius 1 is 1.05 bits per heavy atom. The van der Waals surface area contributed by atoms with Gasteiger partial charge in [-0.05, 0) is 62.2 Å². The Kier molecular flexibility index (Phi) is 6.39. The van der Waals surface area contributed by atoms with Gasteiger partial charge in [-0.1, -0.05) is 47.5 Å². The maximum Gasteiger partial charge on any atom is 0.255 e. The largest absolute Gasteiger partial charge is 0.504 e. The molecule has 1 aliphatic heterocycles. The molecule has 0 unspecified atom stereocenters. The van der Waals surface area contributed by atoms with E-state index < -0.39 is 6.04 Å². The molecule has 0 aliphatic carbocycles. The Bertz CT molecular complexity index is 1540. The van der Waals surface area contributed by atoms with Crippen LogP contribution in [-0.4, -0.2) is 27.9 Å². The topological polar surface area (TPSA) is 88.4 Å². The molecule has 0 saturated heterocycles. The number of anilines is 2. The zero-order chi connectivity index (χ0) is 26.3. The average Bonchev–Trinajstić information content (AvgIpc) is 3.29. The summed E-state index contributed by atoms with van der Waals surface area (Å²) < 4.78 is 7.16. The van der Waals surface area contributed by atoms with Crippen molar-refractivity contribution in [3.8, 4) is 22.8 Å². The summed E-state index contributed by atoms with van der Waals surface area (Å²) in [5.74, 6) is 0.824. The van der Waals surface area contributed by atoms with Crippen molar-refractivity contribution >= 4 is 29.0 Å². The van der Waals surface area contributed by atoms with Crippen LogP contribution in [0.1, 0.15) is 29.7 Å². The monoisotopic (exact) mass is 514 g/mol. The zero-order valence-corrected chi connectivity index (χ0v) is 21.7. The highest BCUT2D eigenvalue weighted by molar-refractivity contribution is 6.30. The highest BCUT2D eigenvalue weighted by atomic mass is 35.5. The van der Waals surface area contributed by atoms with E-state index in [4.69, 9.17) is 21.4 Å². The van der Waals surface area contributed by atoms with Crippen LogP contribution < -0.4 is 15.4 Å². The molecular formula is C29H27ClN4O3. The standard InChI is InChI=1S/C29H27ClN4O3/c1-16-5-11-22(17(2)13-16)32-29(36)27-18(3)31-26-15-23(19-6-9-21(30)10-7-19)33-34(26)28(27)20-8-12-24(35)25(14-20)37-4/h5-15,28,31,35H,1-4H3,(H,32,36)/t28-/m0/s1. The summed E-state index contributed by atoms with van der Waals surface area (Å²) in [4.78, 5) is 13.8. The predicted octanol–water partition coefficient (Wildman–Crippen LogP) is 6.46. The van der Waals surface area contributed by atoms with Gasteiger partial charge < -0.3 is 20.5 Å². The lowest BCUT2D eigenvalue weighted by molar-refractivity contribution is -0.113. The number of carbonyl (C=O) groups is 1. The summed E-state index contributed by atoms with van der Waals surface area (Å²) in [7, 11) is 1.49. The fourth-order valence-corrected chi connectivity index (χ4v) is 4.77. The van der Waals surface area contributed by atoms with E-state index >= 15 is 0 Å². The van der Waals surface area contributed by atoms with E-state index in [1.54, 1.807) is 22.9 Å². The molecule has 0 spiro atoms. The first-order valence-electron chi connectivity index (χ1n) is 11.8. The van der Waals surface area contributed by atoms with Gasteiger partial charge in [-0.15, -0.1) is 0 Å². The number of ether oxygens (including phenoxy) is 1. The Morgan fingerprint density at radius 2 is 1.81 bits per heavy atom. The molecule has 37 heavy (non-hydrogen) atoms. The van der Waals surface area contributed by atoms with E-state index in [1.807, 2.05) is 69.3 Å². The van der Waals surface area contributed by atoms with Gasteiger partial charge in [-0.2, -0.15) is 5.10 Å². The molecule has 3 aromatic carbocycles. The maximum absolute atomic E-state index is 13.8. The molecule has 1 atom stereocenters. The molecule has 0 saturated carbocycles. The first-order chi connectivity index (χ1) is 17.7. The number of nitrogens with zero attached hydrogens (tertiary/aromatic N) is 2. The number of allylic oxidation sites excluding steroid dienone is 1. The van der Waals surface area contributed by atoms with Crippen LogP contribution in [0.25, 0.3) is 11.3 Å². The molecule has 1 amide bonds.